The van der Waals surface area contributed by atoms with E-state index in [0.29, 0.717) is 138 Å². The maximum atomic E-state index is 13.7. The predicted octanol–water partition coefficient (Wildman–Crippen LogP) is 14.7. The van der Waals surface area contributed by atoms with E-state index in [1.807, 2.05) is 41.1 Å². The van der Waals surface area contributed by atoms with Gasteiger partial charge in [-0.25, -0.2) is 56.7 Å². The van der Waals surface area contributed by atoms with Crippen molar-refractivity contribution in [1.82, 2.24) is 39.5 Å². The minimum Gasteiger partial charge on any atom is -0.463 e. The van der Waals surface area contributed by atoms with Crippen LogP contribution in [0, 0.1) is 46.9 Å². The second kappa shape index (κ2) is 38.6. The van der Waals surface area contributed by atoms with Gasteiger partial charge in [-0.3, -0.25) is 20.0 Å². The topological polar surface area (TPSA) is 300 Å². The van der Waals surface area contributed by atoms with E-state index in [2.05, 4.69) is 83.7 Å². The number of fused-ring (bicyclic) bond motifs is 4. The summed E-state index contributed by atoms with van der Waals surface area (Å²) in [5.41, 5.74) is 7.51. The van der Waals surface area contributed by atoms with Crippen LogP contribution in [0.4, 0.5) is 17.6 Å². The molecule has 4 fully saturated rings. The summed E-state index contributed by atoms with van der Waals surface area (Å²) < 4.78 is 78.2. The lowest BCUT2D eigenvalue weighted by molar-refractivity contribution is -0.140. The fourth-order valence-corrected chi connectivity index (χ4v) is 19.7. The lowest BCUT2D eigenvalue weighted by Gasteiger charge is -2.32. The van der Waals surface area contributed by atoms with Gasteiger partial charge in [-0.2, -0.15) is 0 Å². The monoisotopic (exact) mass is 1920 g/mol. The van der Waals surface area contributed by atoms with E-state index in [0.717, 1.165) is 42.8 Å². The Morgan fingerprint density at radius 3 is 0.741 bits per heavy atom. The molecule has 4 aromatic carbocycles. The highest BCUT2D eigenvalue weighted by molar-refractivity contribution is 9.11. The number of rotatable bonds is 20. The molecule has 2 unspecified atom stereocenters. The first-order chi connectivity index (χ1) is 56.1. The van der Waals surface area contributed by atoms with Crippen LogP contribution in [0.5, 0.6) is 0 Å². The summed E-state index contributed by atoms with van der Waals surface area (Å²) in [5.74, 6) is -0.784. The number of amidine groups is 4. The van der Waals surface area contributed by atoms with Crippen LogP contribution < -0.4 is 0 Å². The molecular weight excluding hydrogens is 1840 g/mol. The highest BCUT2D eigenvalue weighted by Crippen LogP contribution is 2.49. The van der Waals surface area contributed by atoms with Crippen LogP contribution in [0.2, 0.25) is 0 Å². The highest BCUT2D eigenvalue weighted by Gasteiger charge is 2.48. The smallest absolute Gasteiger partial charge is 0.338 e. The van der Waals surface area contributed by atoms with Gasteiger partial charge < -0.3 is 59.0 Å². The van der Waals surface area contributed by atoms with Crippen molar-refractivity contribution in [3.8, 4) is 0 Å². The minimum absolute atomic E-state index is 0.00611. The van der Waals surface area contributed by atoms with Crippen LogP contribution in [0.25, 0.3) is 0 Å². The molecule has 8 aliphatic rings. The van der Waals surface area contributed by atoms with Crippen LogP contribution >= 0.6 is 109 Å². The normalized spacial score (nSPS) is 21.2. The molecule has 36 heteroatoms. The number of aliphatic hydroxyl groups is 4. The Labute approximate surface area is 714 Å². The molecule has 8 aliphatic heterocycles. The Morgan fingerprint density at radius 2 is 0.578 bits per heavy atom. The molecule has 12 heterocycles. The maximum absolute atomic E-state index is 13.7. The number of nitrogens with zero attached hydrogens (tertiary/aromatic N) is 12. The molecule has 0 saturated carbocycles. The summed E-state index contributed by atoms with van der Waals surface area (Å²) in [6.07, 6.45) is 8.94. The summed E-state index contributed by atoms with van der Waals surface area (Å²) in [6, 6.07) is 14.7. The number of aromatic nitrogens is 4. The Bertz CT molecular complexity index is 4610. The second-order valence-electron chi connectivity index (χ2n) is 27.2. The molecule has 8 aromatic rings. The first-order valence-corrected chi connectivity index (χ1v) is 43.7. The fourth-order valence-electron chi connectivity index (χ4n) is 14.9. The molecule has 0 amide bonds. The van der Waals surface area contributed by atoms with E-state index < -0.39 is 48.0 Å². The summed E-state index contributed by atoms with van der Waals surface area (Å²) in [6.45, 7) is 10.2. The largest absolute Gasteiger partial charge is 0.463 e. The van der Waals surface area contributed by atoms with Crippen LogP contribution in [-0.2, 0) is 38.1 Å². The van der Waals surface area contributed by atoms with Gasteiger partial charge in [-0.05, 0) is 124 Å². The Balaban J connectivity index is 0.000000135. The number of carbonyl (C=O) groups excluding carboxylic acids is 4. The van der Waals surface area contributed by atoms with Crippen molar-refractivity contribution in [2.45, 2.75) is 77.5 Å². The van der Waals surface area contributed by atoms with Crippen molar-refractivity contribution in [3.63, 3.8) is 0 Å². The molecule has 4 saturated heterocycles. The molecule has 24 nitrogen and oxygen atoms in total. The molecule has 0 spiro atoms. The third-order valence-electron chi connectivity index (χ3n) is 19.9. The number of allylic oxidation sites excluding steroid dienone is 4. The Morgan fingerprint density at radius 1 is 0.371 bits per heavy atom. The molecule has 0 aliphatic carbocycles. The Kier molecular flexibility index (Phi) is 28.4. The first kappa shape index (κ1) is 85.5. The molecular formula is C80H76Br4F4N12O12S4. The summed E-state index contributed by atoms with van der Waals surface area (Å²) in [7, 11) is 0. The van der Waals surface area contributed by atoms with Crippen LogP contribution in [0.1, 0.15) is 120 Å². The number of aliphatic hydroxyl groups excluding tert-OH is 4. The zero-order valence-electron chi connectivity index (χ0n) is 62.6. The SMILES string of the molecule is CCOC(=O)C1=C2C[C@@H](CO)CN2C(c2nccs2)=NC1c1ccc(F)cc1Br.CCOC(=O)C1=C2C[C@@H](CO)CN2C(c2nccs2)=NC1c1ccc(F)cc1Br.CCOC(=O)C1=C2C[C@@H](CO)CN2C(c2nccs2)=N[C@H]1c1ccc(F)cc1Br.CCOC(=O)C1=C2C[C@H](CO)CN2C(c2nccs2)=N[C@H]1c1ccc(F)cc1Br. The van der Waals surface area contributed by atoms with E-state index in [-0.39, 0.29) is 99.8 Å². The van der Waals surface area contributed by atoms with Crippen LogP contribution in [0.15, 0.2) is 202 Å². The van der Waals surface area contributed by atoms with Crippen molar-refractivity contribution >= 4 is 156 Å². The first-order valence-electron chi connectivity index (χ1n) is 37.0. The third kappa shape index (κ3) is 18.3. The van der Waals surface area contributed by atoms with Crippen molar-refractivity contribution < 1.29 is 76.1 Å². The number of halogens is 8. The predicted molar refractivity (Wildman–Crippen MR) is 444 cm³/mol. The van der Waals surface area contributed by atoms with Gasteiger partial charge in [0.05, 0.1) is 48.7 Å². The summed E-state index contributed by atoms with van der Waals surface area (Å²) in [5, 5.41) is 49.4. The van der Waals surface area contributed by atoms with E-state index in [1.54, 1.807) is 76.7 Å². The molecule has 0 bridgehead atoms. The van der Waals surface area contributed by atoms with Gasteiger partial charge in [0.15, 0.2) is 43.4 Å². The average molecular weight is 1920 g/mol. The van der Waals surface area contributed by atoms with Gasteiger partial charge in [0.25, 0.3) is 0 Å². The number of carbonyl (C=O) groups is 4. The highest BCUT2D eigenvalue weighted by atomic mass is 79.9. The van der Waals surface area contributed by atoms with E-state index in [9.17, 15) is 57.2 Å². The molecule has 4 N–H and O–H groups in total. The zero-order chi connectivity index (χ0) is 82.2. The van der Waals surface area contributed by atoms with Crippen LogP contribution in [-0.4, -0.2) is 186 Å². The molecule has 116 heavy (non-hydrogen) atoms. The number of esters is 4. The van der Waals surface area contributed by atoms with Gasteiger partial charge in [-0.15, -0.1) is 45.3 Å². The van der Waals surface area contributed by atoms with Gasteiger partial charge in [0, 0.05) is 163 Å². The number of benzene rings is 4. The third-order valence-corrected chi connectivity index (χ3v) is 25.7. The second-order valence-corrected chi connectivity index (χ2v) is 34.2. The van der Waals surface area contributed by atoms with Gasteiger partial charge in [0.2, 0.25) is 0 Å². The van der Waals surface area contributed by atoms with E-state index in [1.165, 1.54) is 93.9 Å². The van der Waals surface area contributed by atoms with Crippen molar-refractivity contribution in [2.75, 3.05) is 79.0 Å². The van der Waals surface area contributed by atoms with Gasteiger partial charge in [-0.1, -0.05) is 88.0 Å². The van der Waals surface area contributed by atoms with E-state index in [4.69, 9.17) is 38.9 Å². The Hall–Kier alpha value is -8.40. The summed E-state index contributed by atoms with van der Waals surface area (Å²) in [4.78, 5) is 96.7. The van der Waals surface area contributed by atoms with Crippen molar-refractivity contribution in [3.05, 3.63) is 248 Å². The molecule has 16 rings (SSSR count). The molecule has 4 aromatic heterocycles. The maximum Gasteiger partial charge on any atom is 0.338 e. The number of hydrogen-bond donors (Lipinski definition) is 4. The molecule has 8 atom stereocenters. The minimum atomic E-state index is -0.661. The zero-order valence-corrected chi connectivity index (χ0v) is 72.2. The number of ether oxygens (including phenoxy) is 4. The molecule has 608 valence electrons. The van der Waals surface area contributed by atoms with Gasteiger partial charge >= 0.3 is 23.9 Å². The molecule has 0 radical (unpaired) electrons. The number of thiazole rings is 4. The lowest BCUT2D eigenvalue weighted by Crippen LogP contribution is -2.35. The number of aliphatic imine (C=N–C) groups is 4. The fraction of sp³-hybridized carbons (Fsp3) is 0.350. The standard InChI is InChI=1S/4C20H19BrFN3O3S/c4*1-2-28-20(27)16-15-7-11(10-26)9-25(15)18(19-23-5-6-29-19)24-17(16)13-4-3-12(22)8-14(13)21/h4*3-6,8,11,17,26H,2,7,9-10H2,1H3/t2*11-,17?;11-,17+;11-,17-/m1110/s1. The van der Waals surface area contributed by atoms with Crippen molar-refractivity contribution in [2.24, 2.45) is 43.6 Å². The number of hydrogen-bond acceptors (Lipinski definition) is 28. The van der Waals surface area contributed by atoms with Crippen LogP contribution in [0.3, 0.4) is 0 Å². The lowest BCUT2D eigenvalue weighted by atomic mass is 9.94. The summed E-state index contributed by atoms with van der Waals surface area (Å²) >= 11 is 19.5. The van der Waals surface area contributed by atoms with Crippen molar-refractivity contribution in [1.29, 1.82) is 0 Å². The average Bonchev–Trinajstić information content (AvgIpc) is 1.55. The quantitative estimate of drug-likeness (QED) is 0.0313. The van der Waals surface area contributed by atoms with E-state index >= 15 is 0 Å². The van der Waals surface area contributed by atoms with Gasteiger partial charge in [0.1, 0.15) is 47.4 Å².